The largest absolute Gasteiger partial charge is 0.0988 e. The van der Waals surface area contributed by atoms with Gasteiger partial charge in [0.2, 0.25) is 0 Å². The maximum absolute atomic E-state index is 3.95. The zero-order chi connectivity index (χ0) is 17.3. The van der Waals surface area contributed by atoms with Crippen molar-refractivity contribution in [3.8, 4) is 0 Å². The fraction of sp³-hybridized carbons (Fsp3) is 0.818. The van der Waals surface area contributed by atoms with Gasteiger partial charge in [0.25, 0.3) is 0 Å². The smallest absolute Gasteiger partial charge is 0.0285 e. The first-order chi connectivity index (χ1) is 10.5. The maximum atomic E-state index is 3.95. The Labute approximate surface area is 142 Å². The van der Waals surface area contributed by atoms with Crippen LogP contribution in [0.5, 0.6) is 0 Å². The summed E-state index contributed by atoms with van der Waals surface area (Å²) < 4.78 is 0. The molecule has 0 atom stereocenters. The molecule has 0 bridgehead atoms. The number of hydrogen-bond acceptors (Lipinski definition) is 0. The van der Waals surface area contributed by atoms with Gasteiger partial charge in [0.05, 0.1) is 0 Å². The van der Waals surface area contributed by atoms with Crippen LogP contribution in [0.2, 0.25) is 0 Å². The quantitative estimate of drug-likeness (QED) is 0.236. The van der Waals surface area contributed by atoms with Crippen LogP contribution >= 0.6 is 0 Å². The summed E-state index contributed by atoms with van der Waals surface area (Å²) in [4.78, 5) is 0. The number of unbranched alkanes of at least 4 members (excludes halogenated alkanes) is 9. The molecule has 0 aliphatic rings. The highest BCUT2D eigenvalue weighted by Gasteiger charge is 2.08. The first kappa shape index (κ1) is 23.7. The standard InChI is InChI=1S/C20H38.C2H6/c1-6-19(2)17-15-13-11-9-7-8-10-12-14-16-18-20(3,4)5;1-2/h6H,1-2,7-18H2,3-5H3;1-2H3. The van der Waals surface area contributed by atoms with Gasteiger partial charge in [-0.1, -0.05) is 117 Å². The van der Waals surface area contributed by atoms with Crippen LogP contribution in [0.25, 0.3) is 0 Å². The third kappa shape index (κ3) is 21.8. The molecular formula is C22H44. The van der Waals surface area contributed by atoms with E-state index < -0.39 is 0 Å². The van der Waals surface area contributed by atoms with Gasteiger partial charge >= 0.3 is 0 Å². The first-order valence-electron chi connectivity index (χ1n) is 9.76. The van der Waals surface area contributed by atoms with Gasteiger partial charge in [-0.2, -0.15) is 0 Å². The van der Waals surface area contributed by atoms with Crippen LogP contribution in [-0.2, 0) is 0 Å². The van der Waals surface area contributed by atoms with Crippen molar-refractivity contribution in [2.24, 2.45) is 5.41 Å². The third-order valence-electron chi connectivity index (χ3n) is 3.96. The topological polar surface area (TPSA) is 0 Å². The molecule has 0 rings (SSSR count). The lowest BCUT2D eigenvalue weighted by Gasteiger charge is -2.17. The van der Waals surface area contributed by atoms with E-state index in [0.29, 0.717) is 5.41 Å². The summed E-state index contributed by atoms with van der Waals surface area (Å²) in [7, 11) is 0. The average molecular weight is 309 g/mol. The van der Waals surface area contributed by atoms with Crippen molar-refractivity contribution >= 4 is 0 Å². The summed E-state index contributed by atoms with van der Waals surface area (Å²) in [6.45, 7) is 18.7. The summed E-state index contributed by atoms with van der Waals surface area (Å²) in [5.41, 5.74) is 1.72. The Morgan fingerprint density at radius 2 is 1.09 bits per heavy atom. The fourth-order valence-corrected chi connectivity index (χ4v) is 2.52. The highest BCUT2D eigenvalue weighted by molar-refractivity contribution is 5.10. The molecule has 0 aromatic heterocycles. The second-order valence-electron chi connectivity index (χ2n) is 7.46. The Bertz CT molecular complexity index is 241. The Morgan fingerprint density at radius 1 is 0.727 bits per heavy atom. The highest BCUT2D eigenvalue weighted by atomic mass is 14.1. The molecular weight excluding hydrogens is 264 g/mol. The predicted molar refractivity (Wildman–Crippen MR) is 106 cm³/mol. The van der Waals surface area contributed by atoms with Crippen molar-refractivity contribution in [1.82, 2.24) is 0 Å². The molecule has 0 aromatic carbocycles. The van der Waals surface area contributed by atoms with E-state index in [4.69, 9.17) is 0 Å². The molecule has 0 amide bonds. The molecule has 0 saturated carbocycles. The molecule has 0 radical (unpaired) electrons. The number of hydrogen-bond donors (Lipinski definition) is 0. The summed E-state index contributed by atoms with van der Waals surface area (Å²) in [5, 5.41) is 0. The molecule has 0 spiro atoms. The van der Waals surface area contributed by atoms with Crippen molar-refractivity contribution in [2.45, 2.75) is 112 Å². The van der Waals surface area contributed by atoms with Gasteiger partial charge in [-0.3, -0.25) is 0 Å². The van der Waals surface area contributed by atoms with Gasteiger partial charge in [-0.15, -0.1) is 0 Å². The van der Waals surface area contributed by atoms with Crippen molar-refractivity contribution in [1.29, 1.82) is 0 Å². The van der Waals surface area contributed by atoms with Crippen LogP contribution in [0.3, 0.4) is 0 Å². The second-order valence-corrected chi connectivity index (χ2v) is 7.46. The maximum Gasteiger partial charge on any atom is -0.0285 e. The van der Waals surface area contributed by atoms with Crippen molar-refractivity contribution in [3.05, 3.63) is 24.8 Å². The van der Waals surface area contributed by atoms with E-state index in [1.54, 1.807) is 0 Å². The lowest BCUT2D eigenvalue weighted by atomic mass is 9.89. The Balaban J connectivity index is 0. The molecule has 0 nitrogen and oxygen atoms in total. The molecule has 0 heterocycles. The predicted octanol–water partition coefficient (Wildman–Crippen LogP) is 8.48. The second kappa shape index (κ2) is 16.8. The van der Waals surface area contributed by atoms with Gasteiger partial charge in [0.15, 0.2) is 0 Å². The molecule has 0 unspecified atom stereocenters. The summed E-state index contributed by atoms with van der Waals surface area (Å²) in [6.07, 6.45) is 18.5. The minimum absolute atomic E-state index is 0.525. The molecule has 0 saturated heterocycles. The SMILES string of the molecule is C=CC(=C)CCCCCCCCCCCCC(C)(C)C.CC. The molecule has 0 aliphatic carbocycles. The minimum atomic E-state index is 0.525. The van der Waals surface area contributed by atoms with Gasteiger partial charge in [0.1, 0.15) is 0 Å². The van der Waals surface area contributed by atoms with Crippen LogP contribution in [0.15, 0.2) is 24.8 Å². The lowest BCUT2D eigenvalue weighted by molar-refractivity contribution is 0.356. The van der Waals surface area contributed by atoms with Gasteiger partial charge in [-0.25, -0.2) is 0 Å². The Morgan fingerprint density at radius 3 is 1.45 bits per heavy atom. The zero-order valence-electron chi connectivity index (χ0n) is 16.5. The third-order valence-corrected chi connectivity index (χ3v) is 3.96. The van der Waals surface area contributed by atoms with E-state index in [1.807, 2.05) is 19.9 Å². The molecule has 0 fully saturated rings. The van der Waals surface area contributed by atoms with E-state index in [0.717, 1.165) is 6.42 Å². The van der Waals surface area contributed by atoms with E-state index in [2.05, 4.69) is 33.9 Å². The monoisotopic (exact) mass is 308 g/mol. The molecule has 0 N–H and O–H groups in total. The number of allylic oxidation sites excluding steroid dienone is 2. The van der Waals surface area contributed by atoms with Crippen LogP contribution < -0.4 is 0 Å². The van der Waals surface area contributed by atoms with Gasteiger partial charge in [-0.05, 0) is 24.7 Å². The molecule has 0 heteroatoms. The highest BCUT2D eigenvalue weighted by Crippen LogP contribution is 2.22. The molecule has 22 heavy (non-hydrogen) atoms. The van der Waals surface area contributed by atoms with Crippen LogP contribution in [0, 0.1) is 5.41 Å². The summed E-state index contributed by atoms with van der Waals surface area (Å²) in [5.74, 6) is 0. The summed E-state index contributed by atoms with van der Waals surface area (Å²) in [6, 6.07) is 0. The van der Waals surface area contributed by atoms with E-state index in [-0.39, 0.29) is 0 Å². The van der Waals surface area contributed by atoms with E-state index in [1.165, 1.54) is 76.2 Å². The van der Waals surface area contributed by atoms with Crippen molar-refractivity contribution in [3.63, 3.8) is 0 Å². The van der Waals surface area contributed by atoms with Crippen LogP contribution in [0.4, 0.5) is 0 Å². The Kier molecular flexibility index (Phi) is 18.2. The van der Waals surface area contributed by atoms with E-state index in [9.17, 15) is 0 Å². The van der Waals surface area contributed by atoms with Crippen LogP contribution in [-0.4, -0.2) is 0 Å². The average Bonchev–Trinajstić information content (AvgIpc) is 2.49. The first-order valence-corrected chi connectivity index (χ1v) is 9.76. The number of rotatable bonds is 13. The minimum Gasteiger partial charge on any atom is -0.0988 e. The summed E-state index contributed by atoms with van der Waals surface area (Å²) >= 11 is 0. The van der Waals surface area contributed by atoms with E-state index >= 15 is 0 Å². The molecule has 132 valence electrons. The van der Waals surface area contributed by atoms with Crippen molar-refractivity contribution < 1.29 is 0 Å². The van der Waals surface area contributed by atoms with Gasteiger partial charge < -0.3 is 0 Å². The molecule has 0 aromatic rings. The lowest BCUT2D eigenvalue weighted by Crippen LogP contribution is -2.03. The van der Waals surface area contributed by atoms with Crippen LogP contribution in [0.1, 0.15) is 112 Å². The zero-order valence-corrected chi connectivity index (χ0v) is 16.5. The Hall–Kier alpha value is -0.520. The van der Waals surface area contributed by atoms with Crippen molar-refractivity contribution in [2.75, 3.05) is 0 Å². The molecule has 0 aliphatic heterocycles. The fourth-order valence-electron chi connectivity index (χ4n) is 2.52. The van der Waals surface area contributed by atoms with Gasteiger partial charge in [0, 0.05) is 0 Å². The normalized spacial score (nSPS) is 10.8.